The van der Waals surface area contributed by atoms with Crippen LogP contribution < -0.4 is 14.8 Å². The molecular weight excluding hydrogens is 432 g/mol. The van der Waals surface area contributed by atoms with Crippen LogP contribution in [0.3, 0.4) is 0 Å². The fraction of sp³-hybridized carbons (Fsp3) is 0.519. The van der Waals surface area contributed by atoms with E-state index < -0.39 is 0 Å². The Morgan fingerprint density at radius 1 is 1.09 bits per heavy atom. The van der Waals surface area contributed by atoms with Gasteiger partial charge in [-0.25, -0.2) is 0 Å². The van der Waals surface area contributed by atoms with Gasteiger partial charge in [-0.15, -0.1) is 0 Å². The van der Waals surface area contributed by atoms with E-state index in [1.807, 2.05) is 32.0 Å². The average Bonchev–Trinajstić information content (AvgIpc) is 2.84. The largest absolute Gasteiger partial charge is 0.496 e. The van der Waals surface area contributed by atoms with Gasteiger partial charge in [0, 0.05) is 23.7 Å². The topological polar surface area (TPSA) is 90.7 Å². The van der Waals surface area contributed by atoms with Gasteiger partial charge in [0.05, 0.1) is 24.7 Å². The third kappa shape index (κ3) is 7.20. The Labute approximate surface area is 203 Å². The summed E-state index contributed by atoms with van der Waals surface area (Å²) in [5.74, 6) is 3.23. The number of methoxy groups -OCH3 is 2. The van der Waals surface area contributed by atoms with Crippen molar-refractivity contribution in [2.45, 2.75) is 59.8 Å². The molecule has 1 aliphatic carbocycles. The molecule has 0 radical (unpaired) electrons. The molecule has 3 rings (SSSR count). The molecule has 0 spiro atoms. The van der Waals surface area contributed by atoms with Crippen LogP contribution in [0.15, 0.2) is 36.4 Å². The summed E-state index contributed by atoms with van der Waals surface area (Å²) in [6.45, 7) is 8.43. The van der Waals surface area contributed by atoms with Crippen LogP contribution >= 0.6 is 0 Å². The summed E-state index contributed by atoms with van der Waals surface area (Å²) in [5.41, 5.74) is 2.68. The minimum Gasteiger partial charge on any atom is -0.496 e. The maximum Gasteiger partial charge on any atom is 0.276 e. The monoisotopic (exact) mass is 470 g/mol. The highest BCUT2D eigenvalue weighted by molar-refractivity contribution is 5.92. The number of ether oxygens (including phenoxy) is 2. The van der Waals surface area contributed by atoms with E-state index in [4.69, 9.17) is 9.47 Å². The predicted molar refractivity (Wildman–Crippen MR) is 136 cm³/mol. The summed E-state index contributed by atoms with van der Waals surface area (Å²) in [6, 6.07) is 10.6. The first-order valence-corrected chi connectivity index (χ1v) is 12.0. The van der Waals surface area contributed by atoms with Gasteiger partial charge in [-0.1, -0.05) is 32.9 Å². The normalized spacial score (nSPS) is 17.4. The van der Waals surface area contributed by atoms with E-state index in [0.29, 0.717) is 17.7 Å². The zero-order valence-electron chi connectivity index (χ0n) is 21.2. The van der Waals surface area contributed by atoms with Crippen LogP contribution in [0.5, 0.6) is 11.5 Å². The van der Waals surface area contributed by atoms with E-state index in [2.05, 4.69) is 19.2 Å². The summed E-state index contributed by atoms with van der Waals surface area (Å²) in [5, 5.41) is 13.6. The Balaban J connectivity index is 0.000000270. The predicted octanol–water partition coefficient (Wildman–Crippen LogP) is 6.57. The van der Waals surface area contributed by atoms with Crippen LogP contribution in [0.2, 0.25) is 0 Å². The van der Waals surface area contributed by atoms with Gasteiger partial charge in [-0.3, -0.25) is 14.9 Å². The summed E-state index contributed by atoms with van der Waals surface area (Å²) in [7, 11) is 3.17. The molecular formula is C27H38N2O5. The summed E-state index contributed by atoms with van der Waals surface area (Å²) in [6.07, 6.45) is 4.97. The molecule has 0 aromatic heterocycles. The van der Waals surface area contributed by atoms with Crippen LogP contribution in [0.1, 0.15) is 57.6 Å². The maximum atomic E-state index is 12.4. The number of aryl methyl sites for hydroxylation is 1. The molecule has 186 valence electrons. The molecule has 0 heterocycles. The fourth-order valence-corrected chi connectivity index (χ4v) is 4.46. The molecule has 2 aromatic rings. The number of carbonyl (C=O) groups is 1. The van der Waals surface area contributed by atoms with Crippen molar-refractivity contribution >= 4 is 17.3 Å². The van der Waals surface area contributed by atoms with E-state index in [-0.39, 0.29) is 22.4 Å². The highest BCUT2D eigenvalue weighted by Gasteiger charge is 2.27. The summed E-state index contributed by atoms with van der Waals surface area (Å²) in [4.78, 5) is 22.6. The van der Waals surface area contributed by atoms with Crippen molar-refractivity contribution in [3.8, 4) is 11.5 Å². The molecule has 0 saturated heterocycles. The van der Waals surface area contributed by atoms with Gasteiger partial charge >= 0.3 is 0 Å². The molecule has 1 N–H and O–H groups in total. The van der Waals surface area contributed by atoms with Crippen molar-refractivity contribution in [2.75, 3.05) is 19.5 Å². The minimum atomic E-state index is -0.388. The Morgan fingerprint density at radius 2 is 1.74 bits per heavy atom. The fourth-order valence-electron chi connectivity index (χ4n) is 4.46. The molecule has 0 unspecified atom stereocenters. The first-order valence-electron chi connectivity index (χ1n) is 12.0. The highest BCUT2D eigenvalue weighted by atomic mass is 16.6. The number of hydrogen-bond acceptors (Lipinski definition) is 5. The second-order valence-corrected chi connectivity index (χ2v) is 9.10. The van der Waals surface area contributed by atoms with Crippen LogP contribution in [-0.4, -0.2) is 25.1 Å². The minimum absolute atomic E-state index is 0.127. The van der Waals surface area contributed by atoms with Gasteiger partial charge in [0.25, 0.3) is 5.69 Å². The molecule has 0 aliphatic heterocycles. The Bertz CT molecular complexity index is 965. The van der Waals surface area contributed by atoms with E-state index in [1.165, 1.54) is 26.0 Å². The quantitative estimate of drug-likeness (QED) is 0.365. The van der Waals surface area contributed by atoms with Crippen molar-refractivity contribution in [1.29, 1.82) is 0 Å². The number of nitrogens with one attached hydrogen (secondary N) is 1. The standard InChI is InChI=1S/C18H27NO2.C9H11NO3/c1-12(2)14-6-8-15(9-7-14)18(20)19-16-10-5-13(3)17(11-16)21-4;1-3-7-8(10(11)12)5-4-6-9(7)13-2/h5,10-12,14-15H,6-9H2,1-4H3,(H,19,20);4-6H,3H2,1-2H3. The number of rotatable bonds is 7. The number of benzene rings is 2. The molecule has 1 amide bonds. The van der Waals surface area contributed by atoms with Crippen molar-refractivity contribution in [2.24, 2.45) is 17.8 Å². The smallest absolute Gasteiger partial charge is 0.276 e. The number of anilines is 1. The van der Waals surface area contributed by atoms with Gasteiger partial charge < -0.3 is 14.8 Å². The number of nitrogens with zero attached hydrogens (tertiary/aromatic N) is 1. The van der Waals surface area contributed by atoms with E-state index >= 15 is 0 Å². The highest BCUT2D eigenvalue weighted by Crippen LogP contribution is 2.34. The molecule has 0 atom stereocenters. The first kappa shape index (κ1) is 27.2. The van der Waals surface area contributed by atoms with E-state index in [1.54, 1.807) is 19.2 Å². The zero-order valence-corrected chi connectivity index (χ0v) is 21.2. The van der Waals surface area contributed by atoms with E-state index in [0.717, 1.165) is 41.7 Å². The van der Waals surface area contributed by atoms with Crippen molar-refractivity contribution in [3.63, 3.8) is 0 Å². The first-order chi connectivity index (χ1) is 16.2. The lowest BCUT2D eigenvalue weighted by molar-refractivity contribution is -0.385. The Morgan fingerprint density at radius 3 is 2.26 bits per heavy atom. The molecule has 1 fully saturated rings. The third-order valence-corrected chi connectivity index (χ3v) is 6.64. The van der Waals surface area contributed by atoms with E-state index in [9.17, 15) is 14.9 Å². The van der Waals surface area contributed by atoms with Crippen LogP contribution in [0, 0.1) is 34.8 Å². The van der Waals surface area contributed by atoms with Gasteiger partial charge in [0.2, 0.25) is 5.91 Å². The maximum absolute atomic E-state index is 12.4. The molecule has 7 heteroatoms. The lowest BCUT2D eigenvalue weighted by Gasteiger charge is -2.30. The van der Waals surface area contributed by atoms with Crippen molar-refractivity contribution in [1.82, 2.24) is 0 Å². The van der Waals surface area contributed by atoms with Crippen molar-refractivity contribution < 1.29 is 19.2 Å². The third-order valence-electron chi connectivity index (χ3n) is 6.64. The summed E-state index contributed by atoms with van der Waals surface area (Å²) < 4.78 is 10.3. The van der Waals surface area contributed by atoms with Crippen molar-refractivity contribution in [3.05, 3.63) is 57.6 Å². The van der Waals surface area contributed by atoms with Crippen LogP contribution in [0.4, 0.5) is 11.4 Å². The van der Waals surface area contributed by atoms with Gasteiger partial charge in [-0.2, -0.15) is 0 Å². The molecule has 34 heavy (non-hydrogen) atoms. The lowest BCUT2D eigenvalue weighted by Crippen LogP contribution is -2.28. The second-order valence-electron chi connectivity index (χ2n) is 9.10. The number of nitro benzene ring substituents is 1. The molecule has 2 aromatic carbocycles. The van der Waals surface area contributed by atoms with Gasteiger partial charge in [0.1, 0.15) is 11.5 Å². The Hall–Kier alpha value is -3.09. The summed E-state index contributed by atoms with van der Waals surface area (Å²) >= 11 is 0. The molecule has 1 aliphatic rings. The second kappa shape index (κ2) is 13.0. The SMILES string of the molecule is CCc1c(OC)cccc1[N+](=O)[O-].COc1cc(NC(=O)C2CCC(C(C)C)CC2)ccc1C. The number of nitro groups is 1. The number of hydrogen-bond donors (Lipinski definition) is 1. The zero-order chi connectivity index (χ0) is 25.3. The van der Waals surface area contributed by atoms with Crippen LogP contribution in [-0.2, 0) is 11.2 Å². The molecule has 1 saturated carbocycles. The number of carbonyl (C=O) groups excluding carboxylic acids is 1. The molecule has 7 nitrogen and oxygen atoms in total. The van der Waals surface area contributed by atoms with Gasteiger partial charge in [0.15, 0.2) is 0 Å². The molecule has 0 bridgehead atoms. The average molecular weight is 471 g/mol. The van der Waals surface area contributed by atoms with Gasteiger partial charge in [-0.05, 0) is 68.6 Å². The Kier molecular flexibility index (Phi) is 10.4. The van der Waals surface area contributed by atoms with Crippen LogP contribution in [0.25, 0.3) is 0 Å². The lowest BCUT2D eigenvalue weighted by atomic mass is 9.76. The number of amides is 1.